The van der Waals surface area contributed by atoms with Crippen molar-refractivity contribution in [1.82, 2.24) is 14.8 Å². The van der Waals surface area contributed by atoms with Gasteiger partial charge in [0.1, 0.15) is 23.1 Å². The minimum absolute atomic E-state index is 0.140. The van der Waals surface area contributed by atoms with E-state index in [1.807, 2.05) is 35.8 Å². The number of esters is 1. The lowest BCUT2D eigenvalue weighted by Crippen LogP contribution is -2.17. The summed E-state index contributed by atoms with van der Waals surface area (Å²) in [6, 6.07) is 7.32. The third kappa shape index (κ3) is 6.01. The fourth-order valence-corrected chi connectivity index (χ4v) is 6.23. The molecule has 4 rings (SSSR count). The topological polar surface area (TPSA) is 105 Å². The normalized spacial score (nSPS) is 13.0. The molecule has 0 saturated carbocycles. The summed E-state index contributed by atoms with van der Waals surface area (Å²) in [5.41, 5.74) is 1.53. The quantitative estimate of drug-likeness (QED) is 0.228. The molecule has 0 bridgehead atoms. The Labute approximate surface area is 218 Å². The number of rotatable bonds is 10. The van der Waals surface area contributed by atoms with Crippen molar-refractivity contribution in [3.8, 4) is 11.5 Å². The van der Waals surface area contributed by atoms with Gasteiger partial charge in [0.2, 0.25) is 5.91 Å². The molecule has 9 nitrogen and oxygen atoms in total. The average molecular weight is 531 g/mol. The minimum atomic E-state index is -0.399. The molecule has 36 heavy (non-hydrogen) atoms. The van der Waals surface area contributed by atoms with E-state index >= 15 is 0 Å². The third-order valence-electron chi connectivity index (χ3n) is 5.93. The van der Waals surface area contributed by atoms with Crippen molar-refractivity contribution in [2.24, 2.45) is 0 Å². The maximum atomic E-state index is 12.8. The first-order valence-corrected chi connectivity index (χ1v) is 13.7. The van der Waals surface area contributed by atoms with E-state index in [2.05, 4.69) is 15.5 Å². The molecule has 1 amide bonds. The molecule has 11 heteroatoms. The Kier molecular flexibility index (Phi) is 8.87. The maximum absolute atomic E-state index is 12.8. The highest BCUT2D eigenvalue weighted by Crippen LogP contribution is 2.38. The number of carbonyl (C=O) groups excluding carboxylic acids is 2. The Hall–Kier alpha value is -3.05. The van der Waals surface area contributed by atoms with Crippen molar-refractivity contribution in [2.75, 3.05) is 25.3 Å². The van der Waals surface area contributed by atoms with Crippen molar-refractivity contribution in [2.45, 2.75) is 57.3 Å². The van der Waals surface area contributed by atoms with Crippen LogP contribution in [0.1, 0.15) is 52.8 Å². The number of benzene rings is 1. The number of thioether (sulfide) groups is 1. The molecule has 0 aliphatic heterocycles. The van der Waals surface area contributed by atoms with E-state index in [0.29, 0.717) is 33.8 Å². The summed E-state index contributed by atoms with van der Waals surface area (Å²) in [6.07, 6.45) is 5.03. The van der Waals surface area contributed by atoms with Gasteiger partial charge in [0.15, 0.2) is 11.0 Å². The molecule has 1 aliphatic rings. The Balaban J connectivity index is 1.39. The van der Waals surface area contributed by atoms with E-state index < -0.39 is 5.97 Å². The number of thiophene rings is 1. The molecule has 2 aromatic heterocycles. The van der Waals surface area contributed by atoms with Gasteiger partial charge in [-0.3, -0.25) is 4.79 Å². The lowest BCUT2D eigenvalue weighted by molar-refractivity contribution is -0.113. The van der Waals surface area contributed by atoms with E-state index in [-0.39, 0.29) is 18.3 Å². The molecule has 3 aromatic rings. The smallest absolute Gasteiger partial charge is 0.341 e. The van der Waals surface area contributed by atoms with Crippen LogP contribution < -0.4 is 14.8 Å². The molecule has 1 aromatic carbocycles. The molecule has 0 atom stereocenters. The molecule has 0 unspecified atom stereocenters. The van der Waals surface area contributed by atoms with Crippen LogP contribution >= 0.6 is 23.1 Å². The van der Waals surface area contributed by atoms with Gasteiger partial charge < -0.3 is 24.1 Å². The summed E-state index contributed by atoms with van der Waals surface area (Å²) in [5, 5.41) is 12.7. The maximum Gasteiger partial charge on any atom is 0.341 e. The SMILES string of the molecule is CCn1c(COc2ccc(OC)cc2)nnc1SCC(=O)Nc1sc2c(c1C(=O)OC)CCCCC2. The minimum Gasteiger partial charge on any atom is -0.497 e. The summed E-state index contributed by atoms with van der Waals surface area (Å²) in [7, 11) is 2.99. The number of aromatic nitrogens is 3. The van der Waals surface area contributed by atoms with Crippen molar-refractivity contribution in [3.63, 3.8) is 0 Å². The van der Waals surface area contributed by atoms with Gasteiger partial charge in [0.05, 0.1) is 25.5 Å². The predicted octanol–water partition coefficient (Wildman–Crippen LogP) is 4.73. The van der Waals surface area contributed by atoms with Crippen LogP contribution in [0.15, 0.2) is 29.4 Å². The molecule has 0 radical (unpaired) electrons. The summed E-state index contributed by atoms with van der Waals surface area (Å²) in [5.74, 6) is 1.67. The second-order valence-electron chi connectivity index (χ2n) is 8.20. The molecule has 0 spiro atoms. The standard InChI is InChI=1S/C25H30N4O5S2/c1-4-29-20(14-34-17-12-10-16(32-2)11-13-17)27-28-25(29)35-15-21(30)26-23-22(24(31)33-3)18-8-6-5-7-9-19(18)36-23/h10-13H,4-9,14-15H2,1-3H3,(H,26,30). The van der Waals surface area contributed by atoms with Crippen LogP contribution in [-0.2, 0) is 35.5 Å². The number of methoxy groups -OCH3 is 2. The van der Waals surface area contributed by atoms with E-state index in [1.165, 1.54) is 35.1 Å². The third-order valence-corrected chi connectivity index (χ3v) is 8.11. The van der Waals surface area contributed by atoms with Gasteiger partial charge in [0.25, 0.3) is 0 Å². The largest absolute Gasteiger partial charge is 0.497 e. The van der Waals surface area contributed by atoms with Crippen molar-refractivity contribution >= 4 is 40.0 Å². The van der Waals surface area contributed by atoms with Crippen LogP contribution in [0.5, 0.6) is 11.5 Å². The first-order chi connectivity index (χ1) is 17.5. The van der Waals surface area contributed by atoms with Crippen molar-refractivity contribution in [1.29, 1.82) is 0 Å². The first kappa shape index (κ1) is 26.0. The molecule has 0 fully saturated rings. The van der Waals surface area contributed by atoms with Gasteiger partial charge in [-0.05, 0) is 62.4 Å². The lowest BCUT2D eigenvalue weighted by atomic mass is 10.1. The highest BCUT2D eigenvalue weighted by Gasteiger charge is 2.26. The molecular formula is C25H30N4O5S2. The highest BCUT2D eigenvalue weighted by atomic mass is 32.2. The van der Waals surface area contributed by atoms with Gasteiger partial charge in [0, 0.05) is 11.4 Å². The highest BCUT2D eigenvalue weighted by molar-refractivity contribution is 7.99. The number of amides is 1. The number of nitrogens with one attached hydrogen (secondary N) is 1. The van der Waals surface area contributed by atoms with Crippen LogP contribution in [0, 0.1) is 0 Å². The van der Waals surface area contributed by atoms with E-state index in [0.717, 1.165) is 43.4 Å². The predicted molar refractivity (Wildman–Crippen MR) is 139 cm³/mol. The summed E-state index contributed by atoms with van der Waals surface area (Å²) >= 11 is 2.79. The lowest BCUT2D eigenvalue weighted by Gasteiger charge is -2.10. The fraction of sp³-hybridized carbons (Fsp3) is 0.440. The zero-order chi connectivity index (χ0) is 25.5. The molecule has 2 heterocycles. The fourth-order valence-electron chi connectivity index (χ4n) is 4.11. The number of aryl methyl sites for hydroxylation is 1. The summed E-state index contributed by atoms with van der Waals surface area (Å²) in [4.78, 5) is 26.5. The van der Waals surface area contributed by atoms with E-state index in [1.54, 1.807) is 7.11 Å². The number of ether oxygens (including phenoxy) is 3. The second kappa shape index (κ2) is 12.3. The van der Waals surface area contributed by atoms with Gasteiger partial charge >= 0.3 is 5.97 Å². The zero-order valence-corrected chi connectivity index (χ0v) is 22.3. The van der Waals surface area contributed by atoms with Crippen molar-refractivity contribution in [3.05, 3.63) is 46.1 Å². The van der Waals surface area contributed by atoms with Gasteiger partial charge in [-0.1, -0.05) is 18.2 Å². The number of carbonyl (C=O) groups is 2. The summed E-state index contributed by atoms with van der Waals surface area (Å²) in [6.45, 7) is 2.89. The Morgan fingerprint density at radius 3 is 2.56 bits per heavy atom. The number of hydrogen-bond acceptors (Lipinski definition) is 9. The Bertz CT molecular complexity index is 1210. The molecule has 0 saturated heterocycles. The first-order valence-electron chi connectivity index (χ1n) is 11.9. The molecular weight excluding hydrogens is 500 g/mol. The average Bonchev–Trinajstić information content (AvgIpc) is 3.37. The van der Waals surface area contributed by atoms with Gasteiger partial charge in [-0.15, -0.1) is 21.5 Å². The Morgan fingerprint density at radius 2 is 1.83 bits per heavy atom. The number of anilines is 1. The van der Waals surface area contributed by atoms with Crippen LogP contribution in [0.2, 0.25) is 0 Å². The summed E-state index contributed by atoms with van der Waals surface area (Å²) < 4.78 is 18.0. The molecule has 1 N–H and O–H groups in total. The van der Waals surface area contributed by atoms with Crippen LogP contribution in [0.4, 0.5) is 5.00 Å². The van der Waals surface area contributed by atoms with Gasteiger partial charge in [-0.2, -0.15) is 0 Å². The number of hydrogen-bond donors (Lipinski definition) is 1. The second-order valence-corrected chi connectivity index (χ2v) is 10.3. The van der Waals surface area contributed by atoms with Crippen molar-refractivity contribution < 1.29 is 23.8 Å². The van der Waals surface area contributed by atoms with E-state index in [9.17, 15) is 9.59 Å². The monoisotopic (exact) mass is 530 g/mol. The zero-order valence-electron chi connectivity index (χ0n) is 20.7. The van der Waals surface area contributed by atoms with Gasteiger partial charge in [-0.25, -0.2) is 4.79 Å². The van der Waals surface area contributed by atoms with Crippen LogP contribution in [0.3, 0.4) is 0 Å². The Morgan fingerprint density at radius 1 is 1.08 bits per heavy atom. The van der Waals surface area contributed by atoms with Crippen LogP contribution in [-0.4, -0.2) is 46.6 Å². The molecule has 1 aliphatic carbocycles. The number of fused-ring (bicyclic) bond motifs is 1. The van der Waals surface area contributed by atoms with Crippen LogP contribution in [0.25, 0.3) is 0 Å². The molecule has 192 valence electrons. The number of nitrogens with zero attached hydrogens (tertiary/aromatic N) is 3. The van der Waals surface area contributed by atoms with E-state index in [4.69, 9.17) is 14.2 Å².